The summed E-state index contributed by atoms with van der Waals surface area (Å²) in [6, 6.07) is 13.6. The number of carboxylic acid groups (broad SMARTS) is 1. The van der Waals surface area contributed by atoms with Gasteiger partial charge in [0.25, 0.3) is 0 Å². The fourth-order valence-corrected chi connectivity index (χ4v) is 9.79. The van der Waals surface area contributed by atoms with Gasteiger partial charge in [0.15, 0.2) is 46.0 Å². The highest BCUT2D eigenvalue weighted by atomic mass is 16.5. The van der Waals surface area contributed by atoms with Crippen molar-refractivity contribution in [3.05, 3.63) is 70.0 Å². The third-order valence-corrected chi connectivity index (χ3v) is 14.6. The van der Waals surface area contributed by atoms with E-state index in [1.807, 2.05) is 42.5 Å². The maximum Gasteiger partial charge on any atom is 0.340 e. The number of fused-ring (bicyclic) bond motifs is 20. The van der Waals surface area contributed by atoms with E-state index in [0.717, 1.165) is 107 Å². The molecule has 83 heavy (non-hydrogen) atoms. The Bertz CT molecular complexity index is 3760. The third-order valence-electron chi connectivity index (χ3n) is 14.6. The van der Waals surface area contributed by atoms with E-state index in [2.05, 4.69) is 75.3 Å². The van der Waals surface area contributed by atoms with Crippen molar-refractivity contribution in [2.75, 3.05) is 52.9 Å². The predicted molar refractivity (Wildman–Crippen MR) is 327 cm³/mol. The number of nitrogens with zero attached hydrogens (tertiary/aromatic N) is 4. The maximum atomic E-state index is 14.0. The molecule has 5 N–H and O–H groups in total. The van der Waals surface area contributed by atoms with Gasteiger partial charge >= 0.3 is 5.97 Å². The zero-order valence-corrected chi connectivity index (χ0v) is 49.9. The van der Waals surface area contributed by atoms with Crippen LogP contribution in [0, 0.1) is 0 Å². The first-order chi connectivity index (χ1) is 40.7. The second kappa shape index (κ2) is 28.9. The third kappa shape index (κ3) is 13.6. The lowest BCUT2D eigenvalue weighted by Crippen LogP contribution is -2.13. The smallest absolute Gasteiger partial charge is 0.340 e. The molecule has 8 bridgehead atoms. The van der Waals surface area contributed by atoms with Crippen LogP contribution in [0.25, 0.3) is 43.1 Å². The Morgan fingerprint density at radius 3 is 0.904 bits per heavy atom. The van der Waals surface area contributed by atoms with Crippen LogP contribution in [0.2, 0.25) is 0 Å². The topological polar surface area (TPSA) is 224 Å². The van der Waals surface area contributed by atoms with Crippen LogP contribution in [-0.4, -0.2) is 83.9 Å². The summed E-state index contributed by atoms with van der Waals surface area (Å²) >= 11 is 0. The van der Waals surface area contributed by atoms with E-state index < -0.39 is 5.97 Å². The second-order valence-corrected chi connectivity index (χ2v) is 21.2. The lowest BCUT2D eigenvalue weighted by atomic mass is 10.1. The Morgan fingerprint density at radius 2 is 0.590 bits per heavy atom. The lowest BCUT2D eigenvalue weighted by Gasteiger charge is -2.16. The van der Waals surface area contributed by atoms with Crippen LogP contribution in [0.5, 0.6) is 46.0 Å². The molecule has 0 saturated carbocycles. The summed E-state index contributed by atoms with van der Waals surface area (Å²) in [6.45, 7) is 20.5. The van der Waals surface area contributed by atoms with E-state index in [-0.39, 0.29) is 28.8 Å². The Labute approximate surface area is 485 Å². The number of nitrogens with one attached hydrogen (secondary N) is 4. The number of rotatable bonds is 33. The number of carboxylic acids is 1. The van der Waals surface area contributed by atoms with E-state index in [0.29, 0.717) is 160 Å². The number of hydrogen-bond donors (Lipinski definition) is 5. The van der Waals surface area contributed by atoms with Crippen LogP contribution in [0.15, 0.2) is 62.4 Å². The van der Waals surface area contributed by atoms with Crippen LogP contribution in [0.1, 0.15) is 168 Å². The highest BCUT2D eigenvalue weighted by molar-refractivity contribution is 6.08. The molecule has 18 heteroatoms. The molecule has 0 spiro atoms. The molecule has 4 aromatic heterocycles. The number of hydrogen-bond acceptors (Lipinski definition) is 13. The number of aromatic nitrogens is 4. The zero-order chi connectivity index (χ0) is 58.2. The average Bonchev–Trinajstić information content (AvgIpc) is 4.37. The number of aromatic amines is 4. The molecule has 0 amide bonds. The number of benzene rings is 4. The summed E-state index contributed by atoms with van der Waals surface area (Å²) in [7, 11) is 0. The van der Waals surface area contributed by atoms with Crippen LogP contribution in [0.4, 0.5) is 23.3 Å². The van der Waals surface area contributed by atoms with E-state index in [1.54, 1.807) is 0 Å². The summed E-state index contributed by atoms with van der Waals surface area (Å²) in [4.78, 5) is 50.1. The highest BCUT2D eigenvalue weighted by Gasteiger charge is 2.27. The molecule has 0 aliphatic carbocycles. The van der Waals surface area contributed by atoms with E-state index in [9.17, 15) is 9.90 Å². The van der Waals surface area contributed by atoms with Gasteiger partial charge in [-0.15, -0.1) is 0 Å². The summed E-state index contributed by atoms with van der Waals surface area (Å²) in [5, 5.41) is 16.4. The number of ether oxygens (including phenoxy) is 8. The van der Waals surface area contributed by atoms with Gasteiger partial charge in [-0.1, -0.05) is 107 Å². The maximum absolute atomic E-state index is 14.0. The molecule has 4 aromatic carbocycles. The normalized spacial score (nSPS) is 12.0. The summed E-state index contributed by atoms with van der Waals surface area (Å²) in [5.74, 6) is 4.38. The van der Waals surface area contributed by atoms with Crippen LogP contribution < -0.4 is 59.8 Å². The molecule has 0 radical (unpaired) electrons. The number of aromatic carboxylic acids is 1. The Kier molecular flexibility index (Phi) is 20.8. The van der Waals surface area contributed by atoms with E-state index in [1.165, 1.54) is 0 Å². The van der Waals surface area contributed by atoms with Gasteiger partial charge in [0, 0.05) is 43.1 Å². The van der Waals surface area contributed by atoms with Crippen LogP contribution in [0.3, 0.4) is 0 Å². The molecule has 0 atom stereocenters. The Hall–Kier alpha value is -7.89. The number of unbranched alkanes of at least 4 members (excludes halogenated alkanes) is 8. The van der Waals surface area contributed by atoms with E-state index >= 15 is 0 Å². The minimum atomic E-state index is -1.22. The van der Waals surface area contributed by atoms with Crippen molar-refractivity contribution in [1.29, 1.82) is 0 Å². The fraction of sp³-hybridized carbons (Fsp3) is 0.492. The van der Waals surface area contributed by atoms with Gasteiger partial charge in [-0.05, 0) is 93.8 Å². The molecule has 0 saturated heterocycles. The van der Waals surface area contributed by atoms with Gasteiger partial charge in [0.1, 0.15) is 50.8 Å². The van der Waals surface area contributed by atoms with Gasteiger partial charge in [0.2, 0.25) is 0 Å². The molecular formula is C65H84N8O10. The molecule has 5 heterocycles. The highest BCUT2D eigenvalue weighted by Crippen LogP contribution is 2.45. The molecule has 1 aliphatic rings. The van der Waals surface area contributed by atoms with Crippen molar-refractivity contribution in [3.8, 4) is 46.0 Å². The first-order valence-corrected chi connectivity index (χ1v) is 30.6. The zero-order valence-electron chi connectivity index (χ0n) is 49.9. The fourth-order valence-electron chi connectivity index (χ4n) is 9.79. The molecular weight excluding hydrogens is 1050 g/mol. The average molecular weight is 1140 g/mol. The van der Waals surface area contributed by atoms with Gasteiger partial charge < -0.3 is 62.9 Å². The van der Waals surface area contributed by atoms with Gasteiger partial charge in [-0.25, -0.2) is 24.8 Å². The quantitative estimate of drug-likeness (QED) is 0.0245. The van der Waals surface area contributed by atoms with Crippen molar-refractivity contribution in [2.45, 2.75) is 158 Å². The summed E-state index contributed by atoms with van der Waals surface area (Å²) in [6.07, 6.45) is 14.0. The van der Waals surface area contributed by atoms with E-state index in [4.69, 9.17) is 57.9 Å². The number of H-pyrrole nitrogens is 4. The monoisotopic (exact) mass is 1140 g/mol. The standard InChI is InChI=1S/C65H84N8O10/c1-9-17-25-76-47-33-40-41(34-48(47)77-26-18-10-2)58-66-57(40)67-59-42-35-49(78-27-19-11-3)50(79-28-20-12-4)36-43(42)61(69-59)71-63-46-39-53(82-31-23-15-7)56(83-32-24-16-8)55(65(74)75)54(46)64(73-63)72-62-45-38-52(81-30-22-14-6)51(80-29-21-13-5)37-44(45)60(68-58)70-62/h33-39H,9-32H2,1-8H3,(H,74,75)(H4,66,67,68,69,70,71,72,73). The number of carbonyl (C=O) groups is 1. The van der Waals surface area contributed by atoms with Gasteiger partial charge in [-0.2, -0.15) is 0 Å². The van der Waals surface area contributed by atoms with Crippen molar-refractivity contribution in [1.82, 2.24) is 19.9 Å². The van der Waals surface area contributed by atoms with Crippen molar-refractivity contribution >= 4 is 72.3 Å². The minimum Gasteiger partial charge on any atom is -0.490 e. The molecule has 444 valence electrons. The Morgan fingerprint density at radius 1 is 0.337 bits per heavy atom. The van der Waals surface area contributed by atoms with Crippen molar-refractivity contribution in [3.63, 3.8) is 0 Å². The predicted octanol–water partition coefficient (Wildman–Crippen LogP) is 14.9. The van der Waals surface area contributed by atoms with Gasteiger partial charge in [0.05, 0.1) is 52.9 Å². The van der Waals surface area contributed by atoms with Crippen LogP contribution in [-0.2, 0) is 0 Å². The summed E-state index contributed by atoms with van der Waals surface area (Å²) in [5.41, 5.74) is 1.40. The molecule has 0 unspecified atom stereocenters. The summed E-state index contributed by atoms with van der Waals surface area (Å²) < 4.78 is 52.0. The molecule has 8 aromatic rings. The van der Waals surface area contributed by atoms with Crippen molar-refractivity contribution < 1.29 is 47.8 Å². The molecule has 18 nitrogen and oxygen atoms in total. The minimum absolute atomic E-state index is 0.108. The largest absolute Gasteiger partial charge is 0.490 e. The first-order valence-electron chi connectivity index (χ1n) is 30.6. The lowest BCUT2D eigenvalue weighted by molar-refractivity contribution is 0.0693. The van der Waals surface area contributed by atoms with Crippen LogP contribution >= 0.6 is 0 Å². The molecule has 0 fully saturated rings. The second-order valence-electron chi connectivity index (χ2n) is 21.2. The Balaban J connectivity index is 1.46. The first kappa shape index (κ1) is 59.7. The van der Waals surface area contributed by atoms with Crippen molar-refractivity contribution in [2.24, 2.45) is 20.0 Å². The molecule has 9 rings (SSSR count). The SMILES string of the molecule is CCCCOc1cc2c3[nH]c(c2cc1OCCCC)N=c1[nH]c(c2c(C(=O)O)c(OCCCC)c(OCCCC)cc12)=Nc1[nH]c(c2cc(OCCCC)c(OCCCC)cc12)N=c1[nH]c(c2cc(OCCCC)c(OCCCC)cc12)=N3. The van der Waals surface area contributed by atoms with Gasteiger partial charge in [-0.3, -0.25) is 0 Å². The molecule has 1 aliphatic heterocycles.